The predicted molar refractivity (Wildman–Crippen MR) is 95.5 cm³/mol. The normalized spacial score (nSPS) is 11.6. The SMILES string of the molecule is CCn1c(=O)sc2cc(NS(=O)(=O)c3ccc(OC)c(F)c3)ccc21. The van der Waals surface area contributed by atoms with Crippen LogP contribution in [0.4, 0.5) is 10.1 Å². The molecule has 0 bridgehead atoms. The van der Waals surface area contributed by atoms with E-state index in [1.165, 1.54) is 19.2 Å². The number of fused-ring (bicyclic) bond motifs is 1. The zero-order valence-electron chi connectivity index (χ0n) is 13.4. The monoisotopic (exact) mass is 382 g/mol. The minimum atomic E-state index is -3.96. The minimum Gasteiger partial charge on any atom is -0.494 e. The van der Waals surface area contributed by atoms with E-state index in [4.69, 9.17) is 4.74 Å². The largest absolute Gasteiger partial charge is 0.494 e. The molecule has 3 rings (SSSR count). The molecule has 0 atom stereocenters. The molecule has 3 aromatic rings. The van der Waals surface area contributed by atoms with Gasteiger partial charge in [-0.3, -0.25) is 14.1 Å². The Hall–Kier alpha value is -2.39. The highest BCUT2D eigenvalue weighted by molar-refractivity contribution is 7.92. The Kier molecular flexibility index (Phi) is 4.53. The van der Waals surface area contributed by atoms with Crippen molar-refractivity contribution in [1.82, 2.24) is 4.57 Å². The van der Waals surface area contributed by atoms with Gasteiger partial charge in [0.05, 0.1) is 27.9 Å². The fourth-order valence-corrected chi connectivity index (χ4v) is 4.51. The van der Waals surface area contributed by atoms with Gasteiger partial charge in [-0.15, -0.1) is 0 Å². The lowest BCUT2D eigenvalue weighted by atomic mass is 10.3. The van der Waals surface area contributed by atoms with Gasteiger partial charge in [-0.1, -0.05) is 11.3 Å². The number of anilines is 1. The van der Waals surface area contributed by atoms with E-state index in [-0.39, 0.29) is 15.5 Å². The number of methoxy groups -OCH3 is 1. The van der Waals surface area contributed by atoms with Crippen molar-refractivity contribution in [2.45, 2.75) is 18.4 Å². The molecule has 6 nitrogen and oxygen atoms in total. The van der Waals surface area contributed by atoms with Crippen LogP contribution in [0.15, 0.2) is 46.1 Å². The number of thiazole rings is 1. The lowest BCUT2D eigenvalue weighted by Gasteiger charge is -2.10. The fraction of sp³-hybridized carbons (Fsp3) is 0.188. The van der Waals surface area contributed by atoms with Gasteiger partial charge in [0.1, 0.15) is 0 Å². The van der Waals surface area contributed by atoms with Crippen molar-refractivity contribution >= 4 is 37.3 Å². The average molecular weight is 382 g/mol. The van der Waals surface area contributed by atoms with Gasteiger partial charge in [-0.25, -0.2) is 12.8 Å². The number of ether oxygens (including phenoxy) is 1. The van der Waals surface area contributed by atoms with Gasteiger partial charge in [0.15, 0.2) is 11.6 Å². The number of aromatic nitrogens is 1. The van der Waals surface area contributed by atoms with Gasteiger partial charge < -0.3 is 4.74 Å². The number of rotatable bonds is 5. The summed E-state index contributed by atoms with van der Waals surface area (Å²) >= 11 is 1.04. The van der Waals surface area contributed by atoms with Crippen LogP contribution in [0.5, 0.6) is 5.75 Å². The first-order chi connectivity index (χ1) is 11.9. The number of hydrogen-bond acceptors (Lipinski definition) is 5. The summed E-state index contributed by atoms with van der Waals surface area (Å²) < 4.78 is 48.1. The molecule has 25 heavy (non-hydrogen) atoms. The molecule has 0 saturated carbocycles. The lowest BCUT2D eigenvalue weighted by molar-refractivity contribution is 0.385. The molecule has 9 heteroatoms. The van der Waals surface area contributed by atoms with E-state index < -0.39 is 15.8 Å². The summed E-state index contributed by atoms with van der Waals surface area (Å²) in [6.45, 7) is 2.40. The Morgan fingerprint density at radius 2 is 2.00 bits per heavy atom. The summed E-state index contributed by atoms with van der Waals surface area (Å²) in [5, 5.41) is 0. The molecule has 0 fully saturated rings. The van der Waals surface area contributed by atoms with Crippen molar-refractivity contribution in [2.75, 3.05) is 11.8 Å². The maximum atomic E-state index is 13.8. The molecular weight excluding hydrogens is 367 g/mol. The second-order valence-corrected chi connectivity index (χ2v) is 7.87. The molecule has 0 unspecified atom stereocenters. The van der Waals surface area contributed by atoms with E-state index in [0.717, 1.165) is 22.9 Å². The molecule has 0 radical (unpaired) electrons. The van der Waals surface area contributed by atoms with Crippen LogP contribution in [0, 0.1) is 5.82 Å². The first-order valence-electron chi connectivity index (χ1n) is 7.35. The summed E-state index contributed by atoms with van der Waals surface area (Å²) in [5.74, 6) is -0.801. The van der Waals surface area contributed by atoms with Crippen molar-refractivity contribution in [3.05, 3.63) is 51.9 Å². The van der Waals surface area contributed by atoms with Crippen molar-refractivity contribution in [3.8, 4) is 5.75 Å². The second-order valence-electron chi connectivity index (χ2n) is 5.20. The van der Waals surface area contributed by atoms with Gasteiger partial charge in [-0.05, 0) is 43.3 Å². The van der Waals surface area contributed by atoms with E-state index in [1.807, 2.05) is 6.92 Å². The third-order valence-corrected chi connectivity index (χ3v) is 5.99. The van der Waals surface area contributed by atoms with E-state index in [9.17, 15) is 17.6 Å². The molecule has 0 spiro atoms. The average Bonchev–Trinajstić information content (AvgIpc) is 2.88. The van der Waals surface area contributed by atoms with E-state index >= 15 is 0 Å². The number of aryl methyl sites for hydroxylation is 1. The van der Waals surface area contributed by atoms with Crippen molar-refractivity contribution in [2.24, 2.45) is 0 Å². The van der Waals surface area contributed by atoms with Crippen LogP contribution in [0.2, 0.25) is 0 Å². The predicted octanol–water partition coefficient (Wildman–Crippen LogP) is 3.03. The van der Waals surface area contributed by atoms with Crippen LogP contribution in [-0.4, -0.2) is 20.1 Å². The smallest absolute Gasteiger partial charge is 0.308 e. The molecule has 1 N–H and O–H groups in total. The molecule has 2 aromatic carbocycles. The second kappa shape index (κ2) is 6.49. The van der Waals surface area contributed by atoms with Crippen LogP contribution < -0.4 is 14.3 Å². The number of sulfonamides is 1. The van der Waals surface area contributed by atoms with E-state index in [0.29, 0.717) is 16.9 Å². The van der Waals surface area contributed by atoms with Gasteiger partial charge in [-0.2, -0.15) is 0 Å². The number of nitrogens with one attached hydrogen (secondary N) is 1. The summed E-state index contributed by atoms with van der Waals surface area (Å²) in [6, 6.07) is 8.24. The summed E-state index contributed by atoms with van der Waals surface area (Å²) in [6.07, 6.45) is 0. The van der Waals surface area contributed by atoms with Gasteiger partial charge in [0, 0.05) is 6.54 Å². The molecule has 132 valence electrons. The maximum Gasteiger partial charge on any atom is 0.308 e. The molecular formula is C16H15FN2O4S2. The Morgan fingerprint density at radius 1 is 1.24 bits per heavy atom. The van der Waals surface area contributed by atoms with Gasteiger partial charge >= 0.3 is 4.87 Å². The highest BCUT2D eigenvalue weighted by atomic mass is 32.2. The third kappa shape index (κ3) is 3.24. The first kappa shape index (κ1) is 17.4. The molecule has 0 aliphatic heterocycles. The van der Waals surface area contributed by atoms with Crippen molar-refractivity contribution in [1.29, 1.82) is 0 Å². The van der Waals surface area contributed by atoms with Crippen LogP contribution in [0.25, 0.3) is 10.2 Å². The van der Waals surface area contributed by atoms with E-state index in [1.54, 1.807) is 22.8 Å². The van der Waals surface area contributed by atoms with Gasteiger partial charge in [0.2, 0.25) is 0 Å². The highest BCUT2D eigenvalue weighted by Gasteiger charge is 2.17. The topological polar surface area (TPSA) is 77.4 Å². The highest BCUT2D eigenvalue weighted by Crippen LogP contribution is 2.25. The lowest BCUT2D eigenvalue weighted by Crippen LogP contribution is -2.13. The summed E-state index contributed by atoms with van der Waals surface area (Å²) in [4.78, 5) is 11.6. The number of benzene rings is 2. The Bertz CT molecular complexity index is 1100. The Morgan fingerprint density at radius 3 is 2.64 bits per heavy atom. The summed E-state index contributed by atoms with van der Waals surface area (Å²) in [7, 11) is -2.66. The van der Waals surface area contributed by atoms with Crippen LogP contribution >= 0.6 is 11.3 Å². The summed E-state index contributed by atoms with van der Waals surface area (Å²) in [5.41, 5.74) is 1.05. The number of nitrogens with zero attached hydrogens (tertiary/aromatic N) is 1. The first-order valence-corrected chi connectivity index (χ1v) is 9.65. The maximum absolute atomic E-state index is 13.8. The fourth-order valence-electron chi connectivity index (χ4n) is 2.46. The zero-order chi connectivity index (χ0) is 18.2. The Labute approximate surface area is 147 Å². The van der Waals surface area contributed by atoms with Crippen LogP contribution in [-0.2, 0) is 16.6 Å². The zero-order valence-corrected chi connectivity index (χ0v) is 15.1. The van der Waals surface area contributed by atoms with Gasteiger partial charge in [0.25, 0.3) is 10.0 Å². The standard InChI is InChI=1S/C16H15FN2O4S2/c1-3-19-13-6-4-10(8-15(13)24-16(19)20)18-25(21,22)11-5-7-14(23-2)12(17)9-11/h4-9,18H,3H2,1-2H3. The molecule has 0 saturated heterocycles. The van der Waals surface area contributed by atoms with Crippen molar-refractivity contribution < 1.29 is 17.5 Å². The van der Waals surface area contributed by atoms with Crippen LogP contribution in [0.3, 0.4) is 0 Å². The van der Waals surface area contributed by atoms with Crippen molar-refractivity contribution in [3.63, 3.8) is 0 Å². The van der Waals surface area contributed by atoms with Crippen LogP contribution in [0.1, 0.15) is 6.92 Å². The number of hydrogen-bond donors (Lipinski definition) is 1. The molecule has 1 heterocycles. The molecule has 0 aliphatic rings. The quantitative estimate of drug-likeness (QED) is 0.736. The molecule has 0 amide bonds. The minimum absolute atomic E-state index is 0.0361. The molecule has 0 aliphatic carbocycles. The Balaban J connectivity index is 1.96. The van der Waals surface area contributed by atoms with E-state index in [2.05, 4.69) is 4.72 Å². The third-order valence-electron chi connectivity index (χ3n) is 3.67. The molecule has 1 aromatic heterocycles. The number of halogens is 1.